The Labute approximate surface area is 133 Å². The van der Waals surface area contributed by atoms with E-state index in [0.29, 0.717) is 5.13 Å². The van der Waals surface area contributed by atoms with Crippen LogP contribution in [-0.4, -0.2) is 25.9 Å². The number of carbonyl (C=O) groups is 1. The molecular weight excluding hydrogens is 354 g/mol. The third kappa shape index (κ3) is 3.17. The van der Waals surface area contributed by atoms with Crippen molar-refractivity contribution in [3.05, 3.63) is 51.7 Å². The summed E-state index contributed by atoms with van der Waals surface area (Å²) in [5, 5.41) is 13.0. The predicted molar refractivity (Wildman–Crippen MR) is 83.9 cm³/mol. The molecular formula is C13H10BrN5OS. The molecule has 0 aliphatic carbocycles. The molecule has 0 saturated heterocycles. The van der Waals surface area contributed by atoms with E-state index in [4.69, 9.17) is 0 Å². The average Bonchev–Trinajstić information content (AvgIpc) is 3.08. The van der Waals surface area contributed by atoms with Gasteiger partial charge >= 0.3 is 0 Å². The fourth-order valence-electron chi connectivity index (χ4n) is 1.69. The number of nitrogens with one attached hydrogen (secondary N) is 1. The molecule has 21 heavy (non-hydrogen) atoms. The van der Waals surface area contributed by atoms with Gasteiger partial charge in [0.15, 0.2) is 10.8 Å². The number of amides is 1. The highest BCUT2D eigenvalue weighted by Gasteiger charge is 2.13. The fraction of sp³-hybridized carbons (Fsp3) is 0.0769. The Bertz CT molecular complexity index is 797. The molecule has 0 fully saturated rings. The summed E-state index contributed by atoms with van der Waals surface area (Å²) < 4.78 is 2.48. The van der Waals surface area contributed by atoms with Crippen molar-refractivity contribution in [2.75, 3.05) is 5.32 Å². The van der Waals surface area contributed by atoms with Gasteiger partial charge in [0.25, 0.3) is 5.91 Å². The first-order chi connectivity index (χ1) is 10.1. The van der Waals surface area contributed by atoms with E-state index >= 15 is 0 Å². The van der Waals surface area contributed by atoms with Crippen LogP contribution < -0.4 is 5.32 Å². The van der Waals surface area contributed by atoms with Crippen LogP contribution in [0.1, 0.15) is 16.2 Å². The summed E-state index contributed by atoms with van der Waals surface area (Å²) in [5.41, 5.74) is 1.93. The van der Waals surface area contributed by atoms with E-state index in [2.05, 4.69) is 36.5 Å². The van der Waals surface area contributed by atoms with Gasteiger partial charge in [-0.15, -0.1) is 16.4 Å². The lowest BCUT2D eigenvalue weighted by Crippen LogP contribution is -2.12. The summed E-state index contributed by atoms with van der Waals surface area (Å²) in [6, 6.07) is 7.57. The van der Waals surface area contributed by atoms with E-state index in [1.165, 1.54) is 11.3 Å². The van der Waals surface area contributed by atoms with Crippen LogP contribution in [0.25, 0.3) is 5.69 Å². The van der Waals surface area contributed by atoms with Crippen LogP contribution in [0, 0.1) is 6.92 Å². The third-order valence-electron chi connectivity index (χ3n) is 2.64. The van der Waals surface area contributed by atoms with Crippen LogP contribution in [0.4, 0.5) is 5.13 Å². The molecule has 3 aromatic rings. The first-order valence-electron chi connectivity index (χ1n) is 6.03. The fourth-order valence-corrected chi connectivity index (χ4v) is 2.76. The molecule has 2 heterocycles. The lowest BCUT2D eigenvalue weighted by atomic mass is 10.3. The monoisotopic (exact) mass is 363 g/mol. The lowest BCUT2D eigenvalue weighted by Gasteiger charge is -1.99. The Morgan fingerprint density at radius 3 is 3.00 bits per heavy atom. The van der Waals surface area contributed by atoms with Gasteiger partial charge in [-0.2, -0.15) is 0 Å². The summed E-state index contributed by atoms with van der Waals surface area (Å²) in [6.45, 7) is 1.87. The number of rotatable bonds is 3. The highest BCUT2D eigenvalue weighted by Crippen LogP contribution is 2.17. The largest absolute Gasteiger partial charge is 0.296 e. The zero-order chi connectivity index (χ0) is 14.8. The number of thiazole rings is 1. The van der Waals surface area contributed by atoms with Crippen LogP contribution in [0.15, 0.2) is 40.3 Å². The SMILES string of the molecule is Cc1csc(NC(=O)c2cn(-c3cccc(Br)c3)nn2)n1. The zero-order valence-corrected chi connectivity index (χ0v) is 13.3. The molecule has 1 N–H and O–H groups in total. The van der Waals surface area contributed by atoms with Gasteiger partial charge in [0, 0.05) is 9.85 Å². The van der Waals surface area contributed by atoms with Crippen molar-refractivity contribution >= 4 is 38.3 Å². The second-order valence-corrected chi connectivity index (χ2v) is 6.05. The van der Waals surface area contributed by atoms with Crippen LogP contribution >= 0.6 is 27.3 Å². The lowest BCUT2D eigenvalue weighted by molar-refractivity contribution is 0.102. The van der Waals surface area contributed by atoms with Crippen molar-refractivity contribution in [2.45, 2.75) is 6.92 Å². The number of carbonyl (C=O) groups excluding carboxylic acids is 1. The van der Waals surface area contributed by atoms with Gasteiger partial charge in [-0.05, 0) is 25.1 Å². The maximum absolute atomic E-state index is 12.1. The zero-order valence-electron chi connectivity index (χ0n) is 10.9. The number of halogens is 1. The Hall–Kier alpha value is -2.06. The smallest absolute Gasteiger partial charge is 0.279 e. The van der Waals surface area contributed by atoms with Gasteiger partial charge in [-0.1, -0.05) is 27.2 Å². The van der Waals surface area contributed by atoms with Crippen molar-refractivity contribution in [2.24, 2.45) is 0 Å². The Morgan fingerprint density at radius 2 is 2.29 bits per heavy atom. The molecule has 106 valence electrons. The van der Waals surface area contributed by atoms with Gasteiger partial charge in [-0.25, -0.2) is 9.67 Å². The molecule has 0 saturated carbocycles. The second kappa shape index (κ2) is 5.74. The van der Waals surface area contributed by atoms with Gasteiger partial charge in [0.1, 0.15) is 0 Å². The number of hydrogen-bond acceptors (Lipinski definition) is 5. The van der Waals surface area contributed by atoms with Gasteiger partial charge < -0.3 is 0 Å². The average molecular weight is 364 g/mol. The molecule has 8 heteroatoms. The molecule has 1 amide bonds. The molecule has 0 radical (unpaired) electrons. The van der Waals surface area contributed by atoms with Crippen LogP contribution in [0.5, 0.6) is 0 Å². The summed E-state index contributed by atoms with van der Waals surface area (Å²) in [7, 11) is 0. The van der Waals surface area contributed by atoms with Gasteiger partial charge in [-0.3, -0.25) is 10.1 Å². The number of aryl methyl sites for hydroxylation is 1. The maximum Gasteiger partial charge on any atom is 0.279 e. The normalized spacial score (nSPS) is 10.6. The van der Waals surface area contributed by atoms with Gasteiger partial charge in [0.05, 0.1) is 17.6 Å². The van der Waals surface area contributed by atoms with Crippen LogP contribution in [-0.2, 0) is 0 Å². The van der Waals surface area contributed by atoms with E-state index in [1.54, 1.807) is 10.9 Å². The summed E-state index contributed by atoms with van der Waals surface area (Å²) in [5.74, 6) is -0.328. The molecule has 0 unspecified atom stereocenters. The predicted octanol–water partition coefficient (Wildman–Crippen LogP) is 3.05. The molecule has 0 aliphatic heterocycles. The van der Waals surface area contributed by atoms with E-state index < -0.39 is 0 Å². The molecule has 1 aromatic carbocycles. The number of aromatic nitrogens is 4. The van der Waals surface area contributed by atoms with E-state index in [-0.39, 0.29) is 11.6 Å². The number of anilines is 1. The topological polar surface area (TPSA) is 72.7 Å². The number of hydrogen-bond donors (Lipinski definition) is 1. The van der Waals surface area contributed by atoms with E-state index in [9.17, 15) is 4.79 Å². The van der Waals surface area contributed by atoms with Crippen molar-refractivity contribution < 1.29 is 4.79 Å². The van der Waals surface area contributed by atoms with E-state index in [0.717, 1.165) is 15.9 Å². The highest BCUT2D eigenvalue weighted by atomic mass is 79.9. The molecule has 0 aliphatic rings. The summed E-state index contributed by atoms with van der Waals surface area (Å²) >= 11 is 4.77. The third-order valence-corrected chi connectivity index (χ3v) is 4.01. The summed E-state index contributed by atoms with van der Waals surface area (Å²) in [6.07, 6.45) is 1.58. The number of benzene rings is 1. The van der Waals surface area contributed by atoms with Crippen molar-refractivity contribution in [1.82, 2.24) is 20.0 Å². The number of nitrogens with zero attached hydrogens (tertiary/aromatic N) is 4. The Balaban J connectivity index is 1.80. The van der Waals surface area contributed by atoms with Crippen LogP contribution in [0.3, 0.4) is 0 Å². The Morgan fingerprint density at radius 1 is 1.43 bits per heavy atom. The van der Waals surface area contributed by atoms with Crippen molar-refractivity contribution in [1.29, 1.82) is 0 Å². The Kier molecular flexibility index (Phi) is 3.80. The summed E-state index contributed by atoms with van der Waals surface area (Å²) in [4.78, 5) is 16.2. The first kappa shape index (κ1) is 13.9. The van der Waals surface area contributed by atoms with E-state index in [1.807, 2.05) is 36.6 Å². The molecule has 0 bridgehead atoms. The minimum atomic E-state index is -0.328. The van der Waals surface area contributed by atoms with Crippen molar-refractivity contribution in [3.63, 3.8) is 0 Å². The molecule has 2 aromatic heterocycles. The highest BCUT2D eigenvalue weighted by molar-refractivity contribution is 9.10. The van der Waals surface area contributed by atoms with Gasteiger partial charge in [0.2, 0.25) is 0 Å². The maximum atomic E-state index is 12.1. The minimum absolute atomic E-state index is 0.239. The molecule has 3 rings (SSSR count). The molecule has 0 atom stereocenters. The second-order valence-electron chi connectivity index (χ2n) is 4.28. The quantitative estimate of drug-likeness (QED) is 0.775. The standard InChI is InChI=1S/C13H10BrN5OS/c1-8-7-21-13(15-8)16-12(20)11-6-19(18-17-11)10-4-2-3-9(14)5-10/h2-7H,1H3,(H,15,16,20). The first-order valence-corrected chi connectivity index (χ1v) is 7.71. The minimum Gasteiger partial charge on any atom is -0.296 e. The van der Waals surface area contributed by atoms with Crippen LogP contribution in [0.2, 0.25) is 0 Å². The molecule has 6 nitrogen and oxygen atoms in total. The van der Waals surface area contributed by atoms with Crippen molar-refractivity contribution in [3.8, 4) is 5.69 Å². The molecule has 0 spiro atoms.